The van der Waals surface area contributed by atoms with Crippen molar-refractivity contribution in [3.8, 4) is 0 Å². The summed E-state index contributed by atoms with van der Waals surface area (Å²) in [6, 6.07) is 5.49. The van der Waals surface area contributed by atoms with Gasteiger partial charge in [0.05, 0.1) is 11.9 Å². The third-order valence-electron chi connectivity index (χ3n) is 2.92. The van der Waals surface area contributed by atoms with Crippen LogP contribution in [0.4, 0.5) is 11.4 Å². The first kappa shape index (κ1) is 13.1. The van der Waals surface area contributed by atoms with Crippen LogP contribution >= 0.6 is 0 Å². The number of anilines is 2. The Hall–Kier alpha value is -2.30. The summed E-state index contributed by atoms with van der Waals surface area (Å²) in [7, 11) is 0. The molecule has 1 aromatic carbocycles. The fourth-order valence-corrected chi connectivity index (χ4v) is 1.71. The molecule has 0 spiro atoms. The van der Waals surface area contributed by atoms with Gasteiger partial charge < -0.3 is 11.1 Å². The van der Waals surface area contributed by atoms with Crippen molar-refractivity contribution >= 4 is 17.3 Å². The molecule has 1 amide bonds. The molecule has 0 saturated heterocycles. The first-order valence-corrected chi connectivity index (χ1v) is 6.19. The third-order valence-corrected chi connectivity index (χ3v) is 2.92. The standard InChI is InChI=1S/C14H18N4O/c1-9(2)18-8-12(7-16-18)17-14(19)11-4-5-13(15)10(3)6-11/h4-9H,15H2,1-3H3,(H,17,19). The summed E-state index contributed by atoms with van der Waals surface area (Å²) in [6.07, 6.45) is 3.45. The topological polar surface area (TPSA) is 72.9 Å². The number of rotatable bonds is 3. The van der Waals surface area contributed by atoms with Gasteiger partial charge in [0.1, 0.15) is 0 Å². The van der Waals surface area contributed by atoms with Crippen LogP contribution in [0.25, 0.3) is 0 Å². The number of amides is 1. The molecule has 0 aliphatic heterocycles. The number of benzene rings is 1. The molecule has 1 aromatic heterocycles. The number of nitrogen functional groups attached to an aromatic ring is 1. The zero-order valence-corrected chi connectivity index (χ0v) is 11.3. The van der Waals surface area contributed by atoms with E-state index in [4.69, 9.17) is 5.73 Å². The van der Waals surface area contributed by atoms with Gasteiger partial charge in [-0.3, -0.25) is 9.48 Å². The van der Waals surface area contributed by atoms with Gasteiger partial charge in [0.25, 0.3) is 5.91 Å². The molecule has 5 heteroatoms. The fraction of sp³-hybridized carbons (Fsp3) is 0.286. The maximum Gasteiger partial charge on any atom is 0.255 e. The second-order valence-electron chi connectivity index (χ2n) is 4.83. The van der Waals surface area contributed by atoms with E-state index in [1.165, 1.54) is 0 Å². The van der Waals surface area contributed by atoms with Crippen LogP contribution in [0.2, 0.25) is 0 Å². The number of carbonyl (C=O) groups excluding carboxylic acids is 1. The van der Waals surface area contributed by atoms with E-state index in [1.54, 1.807) is 29.1 Å². The Morgan fingerprint density at radius 1 is 1.42 bits per heavy atom. The normalized spacial score (nSPS) is 10.7. The number of carbonyl (C=O) groups is 1. The average molecular weight is 258 g/mol. The zero-order valence-electron chi connectivity index (χ0n) is 11.3. The van der Waals surface area contributed by atoms with Crippen LogP contribution in [-0.4, -0.2) is 15.7 Å². The van der Waals surface area contributed by atoms with Gasteiger partial charge in [-0.1, -0.05) is 0 Å². The van der Waals surface area contributed by atoms with Crippen molar-refractivity contribution in [2.75, 3.05) is 11.1 Å². The minimum atomic E-state index is -0.161. The molecule has 2 rings (SSSR count). The summed E-state index contributed by atoms with van der Waals surface area (Å²) in [5.41, 5.74) is 8.59. The molecular weight excluding hydrogens is 240 g/mol. The second kappa shape index (κ2) is 5.14. The van der Waals surface area contributed by atoms with Crippen LogP contribution in [0.3, 0.4) is 0 Å². The molecule has 1 heterocycles. The maximum atomic E-state index is 12.1. The Balaban J connectivity index is 2.13. The van der Waals surface area contributed by atoms with Gasteiger partial charge in [-0.25, -0.2) is 0 Å². The summed E-state index contributed by atoms with van der Waals surface area (Å²) >= 11 is 0. The molecular formula is C14H18N4O. The molecule has 100 valence electrons. The minimum Gasteiger partial charge on any atom is -0.399 e. The van der Waals surface area contributed by atoms with Crippen molar-refractivity contribution < 1.29 is 4.79 Å². The van der Waals surface area contributed by atoms with E-state index in [1.807, 2.05) is 27.0 Å². The first-order chi connectivity index (χ1) is 8.97. The molecule has 3 N–H and O–H groups in total. The summed E-state index contributed by atoms with van der Waals surface area (Å²) in [4.78, 5) is 12.1. The van der Waals surface area contributed by atoms with E-state index in [-0.39, 0.29) is 11.9 Å². The number of hydrogen-bond acceptors (Lipinski definition) is 3. The van der Waals surface area contributed by atoms with Crippen molar-refractivity contribution in [1.82, 2.24) is 9.78 Å². The molecule has 2 aromatic rings. The van der Waals surface area contributed by atoms with Gasteiger partial charge in [-0.15, -0.1) is 0 Å². The molecule has 0 aliphatic carbocycles. The van der Waals surface area contributed by atoms with Crippen molar-refractivity contribution in [1.29, 1.82) is 0 Å². The zero-order chi connectivity index (χ0) is 14.0. The Morgan fingerprint density at radius 3 is 2.74 bits per heavy atom. The predicted molar refractivity (Wildman–Crippen MR) is 76.2 cm³/mol. The Morgan fingerprint density at radius 2 is 2.16 bits per heavy atom. The van der Waals surface area contributed by atoms with Crippen molar-refractivity contribution in [2.45, 2.75) is 26.8 Å². The Labute approximate surface area is 112 Å². The predicted octanol–water partition coefficient (Wildman–Crippen LogP) is 2.61. The quantitative estimate of drug-likeness (QED) is 0.831. The van der Waals surface area contributed by atoms with E-state index < -0.39 is 0 Å². The largest absolute Gasteiger partial charge is 0.399 e. The van der Waals surface area contributed by atoms with Crippen molar-refractivity contribution in [3.05, 3.63) is 41.7 Å². The van der Waals surface area contributed by atoms with Gasteiger partial charge in [0, 0.05) is 23.5 Å². The summed E-state index contributed by atoms with van der Waals surface area (Å²) in [6.45, 7) is 5.94. The minimum absolute atomic E-state index is 0.161. The van der Waals surface area contributed by atoms with Gasteiger partial charge in [-0.2, -0.15) is 5.10 Å². The highest BCUT2D eigenvalue weighted by atomic mass is 16.1. The van der Waals surface area contributed by atoms with Crippen LogP contribution in [0, 0.1) is 6.92 Å². The monoisotopic (exact) mass is 258 g/mol. The number of hydrogen-bond donors (Lipinski definition) is 2. The van der Waals surface area contributed by atoms with Crippen molar-refractivity contribution in [3.63, 3.8) is 0 Å². The van der Waals surface area contributed by atoms with Crippen LogP contribution < -0.4 is 11.1 Å². The van der Waals surface area contributed by atoms with Gasteiger partial charge in [0.2, 0.25) is 0 Å². The van der Waals surface area contributed by atoms with E-state index in [9.17, 15) is 4.79 Å². The smallest absolute Gasteiger partial charge is 0.255 e. The van der Waals surface area contributed by atoms with Gasteiger partial charge >= 0.3 is 0 Å². The molecule has 0 fully saturated rings. The second-order valence-corrected chi connectivity index (χ2v) is 4.83. The number of aryl methyl sites for hydroxylation is 1. The maximum absolute atomic E-state index is 12.1. The molecule has 0 saturated carbocycles. The SMILES string of the molecule is Cc1cc(C(=O)Nc2cnn(C(C)C)c2)ccc1N. The van der Waals surface area contributed by atoms with E-state index in [0.717, 1.165) is 5.56 Å². The highest BCUT2D eigenvalue weighted by Gasteiger charge is 2.09. The van der Waals surface area contributed by atoms with Gasteiger partial charge in [0.15, 0.2) is 0 Å². The lowest BCUT2D eigenvalue weighted by Crippen LogP contribution is -2.12. The van der Waals surface area contributed by atoms with E-state index >= 15 is 0 Å². The van der Waals surface area contributed by atoms with E-state index in [2.05, 4.69) is 10.4 Å². The molecule has 5 nitrogen and oxygen atoms in total. The van der Waals surface area contributed by atoms with Crippen LogP contribution in [0.15, 0.2) is 30.6 Å². The fourth-order valence-electron chi connectivity index (χ4n) is 1.71. The number of aromatic nitrogens is 2. The lowest BCUT2D eigenvalue weighted by atomic mass is 10.1. The Bertz CT molecular complexity index is 601. The average Bonchev–Trinajstić information content (AvgIpc) is 2.81. The summed E-state index contributed by atoms with van der Waals surface area (Å²) in [5, 5.41) is 6.99. The molecule has 0 unspecified atom stereocenters. The third kappa shape index (κ3) is 2.93. The highest BCUT2D eigenvalue weighted by Crippen LogP contribution is 2.15. The Kier molecular flexibility index (Phi) is 3.55. The molecule has 0 aliphatic rings. The number of nitrogens with one attached hydrogen (secondary N) is 1. The van der Waals surface area contributed by atoms with Gasteiger partial charge in [-0.05, 0) is 44.5 Å². The van der Waals surface area contributed by atoms with Crippen molar-refractivity contribution in [2.24, 2.45) is 0 Å². The molecule has 0 bridgehead atoms. The summed E-state index contributed by atoms with van der Waals surface area (Å²) in [5.74, 6) is -0.161. The molecule has 0 radical (unpaired) electrons. The lowest BCUT2D eigenvalue weighted by Gasteiger charge is -2.06. The van der Waals surface area contributed by atoms with Crippen LogP contribution in [0.5, 0.6) is 0 Å². The first-order valence-electron chi connectivity index (χ1n) is 6.19. The summed E-state index contributed by atoms with van der Waals surface area (Å²) < 4.78 is 1.80. The molecule has 19 heavy (non-hydrogen) atoms. The number of nitrogens with two attached hydrogens (primary N) is 1. The highest BCUT2D eigenvalue weighted by molar-refractivity contribution is 6.04. The molecule has 0 atom stereocenters. The van der Waals surface area contributed by atoms with Crippen LogP contribution in [-0.2, 0) is 0 Å². The number of nitrogens with zero attached hydrogens (tertiary/aromatic N) is 2. The van der Waals surface area contributed by atoms with Crippen LogP contribution in [0.1, 0.15) is 35.8 Å². The van der Waals surface area contributed by atoms with E-state index in [0.29, 0.717) is 16.9 Å². The lowest BCUT2D eigenvalue weighted by molar-refractivity contribution is 0.102.